The molecule has 2 nitrogen and oxygen atoms in total. The largest absolute Gasteiger partial charge is 0.398 e. The van der Waals surface area contributed by atoms with Crippen molar-refractivity contribution in [3.63, 3.8) is 0 Å². The summed E-state index contributed by atoms with van der Waals surface area (Å²) >= 11 is 1.60. The summed E-state index contributed by atoms with van der Waals surface area (Å²) in [5, 5.41) is 0. The van der Waals surface area contributed by atoms with Crippen LogP contribution in [0.15, 0.2) is 17.6 Å². The Labute approximate surface area is 81.4 Å². The number of anilines is 1. The van der Waals surface area contributed by atoms with Crippen LogP contribution in [0.2, 0.25) is 0 Å². The Kier molecular flexibility index (Phi) is 1.96. The van der Waals surface area contributed by atoms with Gasteiger partial charge in [-0.1, -0.05) is 13.8 Å². The molecule has 0 amide bonds. The molecule has 0 saturated heterocycles. The molecule has 2 aromatic rings. The van der Waals surface area contributed by atoms with Gasteiger partial charge in [0, 0.05) is 0 Å². The first-order chi connectivity index (χ1) is 6.18. The van der Waals surface area contributed by atoms with Gasteiger partial charge in [-0.15, -0.1) is 11.3 Å². The molecule has 68 valence electrons. The zero-order valence-electron chi connectivity index (χ0n) is 7.74. The summed E-state index contributed by atoms with van der Waals surface area (Å²) < 4.78 is 1.10. The lowest BCUT2D eigenvalue weighted by Gasteiger charge is -2.06. The van der Waals surface area contributed by atoms with Gasteiger partial charge in [0.25, 0.3) is 0 Å². The Hall–Kier alpha value is -1.09. The second-order valence-electron chi connectivity index (χ2n) is 3.47. The monoisotopic (exact) mass is 192 g/mol. The molecule has 0 aliphatic heterocycles. The van der Waals surface area contributed by atoms with E-state index in [9.17, 15) is 0 Å². The van der Waals surface area contributed by atoms with Crippen molar-refractivity contribution < 1.29 is 0 Å². The lowest BCUT2D eigenvalue weighted by molar-refractivity contribution is 0.869. The molecule has 0 aliphatic rings. The fraction of sp³-hybridized carbons (Fsp3) is 0.300. The summed E-state index contributed by atoms with van der Waals surface area (Å²) in [4.78, 5) is 4.26. The van der Waals surface area contributed by atoms with Gasteiger partial charge in [0.05, 0.1) is 21.4 Å². The van der Waals surface area contributed by atoms with Crippen LogP contribution in [-0.4, -0.2) is 4.98 Å². The van der Waals surface area contributed by atoms with Gasteiger partial charge >= 0.3 is 0 Å². The summed E-state index contributed by atoms with van der Waals surface area (Å²) in [7, 11) is 0. The van der Waals surface area contributed by atoms with Crippen molar-refractivity contribution >= 4 is 27.2 Å². The third-order valence-corrected chi connectivity index (χ3v) is 3.04. The van der Waals surface area contributed by atoms with Gasteiger partial charge in [-0.05, 0) is 23.6 Å². The van der Waals surface area contributed by atoms with Crippen LogP contribution in [0.3, 0.4) is 0 Å². The number of rotatable bonds is 1. The number of hydrogen-bond acceptors (Lipinski definition) is 3. The van der Waals surface area contributed by atoms with Crippen molar-refractivity contribution in [2.24, 2.45) is 0 Å². The average Bonchev–Trinajstić information content (AvgIpc) is 2.51. The highest BCUT2D eigenvalue weighted by Gasteiger charge is 2.06. The van der Waals surface area contributed by atoms with Crippen LogP contribution in [0.1, 0.15) is 25.3 Å². The van der Waals surface area contributed by atoms with E-state index in [0.29, 0.717) is 5.92 Å². The Morgan fingerprint density at radius 1 is 1.38 bits per heavy atom. The van der Waals surface area contributed by atoms with E-state index in [0.717, 1.165) is 15.9 Å². The summed E-state index contributed by atoms with van der Waals surface area (Å²) in [6, 6.07) is 4.16. The minimum absolute atomic E-state index is 0.508. The van der Waals surface area contributed by atoms with Crippen LogP contribution in [0, 0.1) is 0 Å². The normalized spacial score (nSPS) is 11.3. The number of fused-ring (bicyclic) bond motifs is 1. The topological polar surface area (TPSA) is 38.9 Å². The van der Waals surface area contributed by atoms with Gasteiger partial charge in [0.1, 0.15) is 0 Å². The van der Waals surface area contributed by atoms with Gasteiger partial charge in [-0.25, -0.2) is 4.98 Å². The molecule has 0 fully saturated rings. The van der Waals surface area contributed by atoms with E-state index in [2.05, 4.69) is 24.9 Å². The van der Waals surface area contributed by atoms with Crippen molar-refractivity contribution in [3.8, 4) is 0 Å². The second kappa shape index (κ2) is 3.00. The fourth-order valence-corrected chi connectivity index (χ4v) is 2.05. The Bertz CT molecular complexity index is 431. The minimum atomic E-state index is 0.508. The molecule has 1 heterocycles. The van der Waals surface area contributed by atoms with E-state index in [-0.39, 0.29) is 0 Å². The van der Waals surface area contributed by atoms with E-state index >= 15 is 0 Å². The molecule has 0 aliphatic carbocycles. The molecule has 1 aromatic heterocycles. The van der Waals surface area contributed by atoms with Crippen molar-refractivity contribution in [2.75, 3.05) is 5.73 Å². The van der Waals surface area contributed by atoms with Gasteiger partial charge in [0.15, 0.2) is 0 Å². The third-order valence-electron chi connectivity index (χ3n) is 2.15. The summed E-state index contributed by atoms with van der Waals surface area (Å²) in [6.45, 7) is 4.32. The van der Waals surface area contributed by atoms with E-state index in [1.54, 1.807) is 11.3 Å². The van der Waals surface area contributed by atoms with Crippen LogP contribution in [0.5, 0.6) is 0 Å². The van der Waals surface area contributed by atoms with Crippen LogP contribution >= 0.6 is 11.3 Å². The number of nitrogens with two attached hydrogens (primary N) is 1. The van der Waals surface area contributed by atoms with Gasteiger partial charge < -0.3 is 5.73 Å². The maximum atomic E-state index is 5.91. The van der Waals surface area contributed by atoms with Crippen LogP contribution in [0.25, 0.3) is 10.2 Å². The fourth-order valence-electron chi connectivity index (χ4n) is 1.35. The number of nitrogen functional groups attached to an aromatic ring is 1. The zero-order valence-corrected chi connectivity index (χ0v) is 8.56. The van der Waals surface area contributed by atoms with Crippen molar-refractivity contribution in [1.29, 1.82) is 0 Å². The van der Waals surface area contributed by atoms with E-state index < -0.39 is 0 Å². The molecule has 0 unspecified atom stereocenters. The van der Waals surface area contributed by atoms with Crippen molar-refractivity contribution in [1.82, 2.24) is 4.98 Å². The molecule has 2 rings (SSSR count). The standard InChI is InChI=1S/C10H12N2S/c1-6(2)7-3-8(11)10-9(4-7)12-5-13-10/h3-6H,11H2,1-2H3. The Morgan fingerprint density at radius 3 is 2.85 bits per heavy atom. The first-order valence-electron chi connectivity index (χ1n) is 4.31. The first-order valence-corrected chi connectivity index (χ1v) is 5.19. The maximum Gasteiger partial charge on any atom is 0.0835 e. The third kappa shape index (κ3) is 1.40. The van der Waals surface area contributed by atoms with Crippen molar-refractivity contribution in [2.45, 2.75) is 19.8 Å². The van der Waals surface area contributed by atoms with Crippen LogP contribution < -0.4 is 5.73 Å². The van der Waals surface area contributed by atoms with Crippen LogP contribution in [0.4, 0.5) is 5.69 Å². The number of aromatic nitrogens is 1. The van der Waals surface area contributed by atoms with E-state index in [4.69, 9.17) is 5.73 Å². The smallest absolute Gasteiger partial charge is 0.0835 e. The molecule has 13 heavy (non-hydrogen) atoms. The summed E-state index contributed by atoms with van der Waals surface area (Å²) in [5.41, 5.74) is 10.9. The van der Waals surface area contributed by atoms with Gasteiger partial charge in [-0.3, -0.25) is 0 Å². The van der Waals surface area contributed by atoms with Gasteiger partial charge in [0.2, 0.25) is 0 Å². The molecular formula is C10H12N2S. The Morgan fingerprint density at radius 2 is 2.15 bits per heavy atom. The maximum absolute atomic E-state index is 5.91. The molecule has 0 atom stereocenters. The first kappa shape index (κ1) is 8.51. The van der Waals surface area contributed by atoms with Gasteiger partial charge in [-0.2, -0.15) is 0 Å². The van der Waals surface area contributed by atoms with Crippen LogP contribution in [-0.2, 0) is 0 Å². The Balaban J connectivity index is 2.70. The minimum Gasteiger partial charge on any atom is -0.398 e. The average molecular weight is 192 g/mol. The molecule has 2 N–H and O–H groups in total. The molecule has 3 heteroatoms. The highest BCUT2D eigenvalue weighted by Crippen LogP contribution is 2.28. The summed E-state index contributed by atoms with van der Waals surface area (Å²) in [5.74, 6) is 0.508. The zero-order chi connectivity index (χ0) is 9.42. The molecule has 1 aromatic carbocycles. The highest BCUT2D eigenvalue weighted by atomic mass is 32.1. The van der Waals surface area contributed by atoms with E-state index in [1.165, 1.54) is 5.56 Å². The molecule has 0 radical (unpaired) electrons. The number of nitrogens with zero attached hydrogens (tertiary/aromatic N) is 1. The predicted octanol–water partition coefficient (Wildman–Crippen LogP) is 3.00. The highest BCUT2D eigenvalue weighted by molar-refractivity contribution is 7.17. The second-order valence-corrected chi connectivity index (χ2v) is 4.32. The van der Waals surface area contributed by atoms with Crippen molar-refractivity contribution in [3.05, 3.63) is 23.2 Å². The number of benzene rings is 1. The molecule has 0 bridgehead atoms. The molecule has 0 spiro atoms. The molecular weight excluding hydrogens is 180 g/mol. The number of hydrogen-bond donors (Lipinski definition) is 1. The SMILES string of the molecule is CC(C)c1cc(N)c2scnc2c1. The van der Waals surface area contributed by atoms with E-state index in [1.807, 2.05) is 11.6 Å². The molecule has 0 saturated carbocycles. The number of thiazole rings is 1. The summed E-state index contributed by atoms with van der Waals surface area (Å²) in [6.07, 6.45) is 0. The lowest BCUT2D eigenvalue weighted by Crippen LogP contribution is -1.91. The predicted molar refractivity (Wildman–Crippen MR) is 58.1 cm³/mol. The lowest BCUT2D eigenvalue weighted by atomic mass is 10.0. The quantitative estimate of drug-likeness (QED) is 0.705.